The molecular weight excluding hydrogens is 374 g/mol. The lowest BCUT2D eigenvalue weighted by Gasteiger charge is -2.10. The van der Waals surface area contributed by atoms with Gasteiger partial charge in [-0.05, 0) is 36.6 Å². The Morgan fingerprint density at radius 3 is 1.96 bits per heavy atom. The van der Waals surface area contributed by atoms with Gasteiger partial charge in [0.05, 0.1) is 11.8 Å². The van der Waals surface area contributed by atoms with Crippen molar-refractivity contribution < 1.29 is 31.1 Å². The van der Waals surface area contributed by atoms with Crippen LogP contribution in [0.2, 0.25) is 0 Å². The number of hydrogen-bond donors (Lipinski definition) is 0. The molecule has 0 aliphatic carbocycles. The Balaban J connectivity index is 0.000000460. The second-order valence-corrected chi connectivity index (χ2v) is 4.97. The number of halogens is 6. The zero-order valence-electron chi connectivity index (χ0n) is 15.4. The molecule has 2 rings (SSSR count). The van der Waals surface area contributed by atoms with Crippen LogP contribution in [0.1, 0.15) is 43.9 Å². The van der Waals surface area contributed by atoms with Crippen LogP contribution in [0.15, 0.2) is 36.9 Å². The summed E-state index contributed by atoms with van der Waals surface area (Å²) >= 11 is 0. The minimum Gasteiger partial charge on any atom is -0.404 e. The van der Waals surface area contributed by atoms with Crippen molar-refractivity contribution in [3.8, 4) is 5.75 Å². The molecule has 0 bridgehead atoms. The van der Waals surface area contributed by atoms with Gasteiger partial charge in [-0.1, -0.05) is 27.2 Å². The summed E-state index contributed by atoms with van der Waals surface area (Å²) < 4.78 is 75.7. The fourth-order valence-corrected chi connectivity index (χ4v) is 1.85. The molecule has 2 heterocycles. The average molecular weight is 396 g/mol. The molecule has 0 atom stereocenters. The van der Waals surface area contributed by atoms with Gasteiger partial charge in [0, 0.05) is 18.6 Å². The minimum atomic E-state index is -4.65. The van der Waals surface area contributed by atoms with E-state index in [0.29, 0.717) is 24.0 Å². The van der Waals surface area contributed by atoms with Crippen molar-refractivity contribution in [2.45, 2.75) is 53.1 Å². The Hall–Kier alpha value is -2.32. The molecule has 2 aromatic heterocycles. The maximum atomic E-state index is 12.3. The van der Waals surface area contributed by atoms with Crippen LogP contribution >= 0.6 is 0 Å². The van der Waals surface area contributed by atoms with Crippen LogP contribution in [0.5, 0.6) is 5.75 Å². The number of ether oxygens (including phenoxy) is 1. The van der Waals surface area contributed by atoms with Crippen LogP contribution in [-0.2, 0) is 12.6 Å². The minimum absolute atomic E-state index is 0.259. The van der Waals surface area contributed by atoms with Gasteiger partial charge < -0.3 is 4.74 Å². The molecule has 0 spiro atoms. The zero-order valence-corrected chi connectivity index (χ0v) is 15.4. The van der Waals surface area contributed by atoms with Crippen molar-refractivity contribution >= 4 is 0 Å². The monoisotopic (exact) mass is 396 g/mol. The van der Waals surface area contributed by atoms with E-state index in [1.54, 1.807) is 0 Å². The Bertz CT molecular complexity index is 671. The molecule has 3 nitrogen and oxygen atoms in total. The number of aryl methyl sites for hydroxylation is 2. The van der Waals surface area contributed by atoms with E-state index in [1.807, 2.05) is 20.8 Å². The first-order chi connectivity index (χ1) is 12.5. The predicted octanol–water partition coefficient (Wildman–Crippen LogP) is 6.37. The highest BCUT2D eigenvalue weighted by Crippen LogP contribution is 2.31. The van der Waals surface area contributed by atoms with E-state index in [9.17, 15) is 26.3 Å². The number of nitrogens with zero attached hydrogens (tertiary/aromatic N) is 2. The second-order valence-electron chi connectivity index (χ2n) is 4.97. The van der Waals surface area contributed by atoms with Crippen molar-refractivity contribution in [2.24, 2.45) is 0 Å². The Morgan fingerprint density at radius 2 is 1.48 bits per heavy atom. The smallest absolute Gasteiger partial charge is 0.404 e. The molecule has 152 valence electrons. The first-order valence-electron chi connectivity index (χ1n) is 8.21. The largest absolute Gasteiger partial charge is 0.573 e. The van der Waals surface area contributed by atoms with Gasteiger partial charge in [-0.2, -0.15) is 13.2 Å². The first-order valence-corrected chi connectivity index (χ1v) is 8.21. The molecular formula is C18H22F6N2O. The van der Waals surface area contributed by atoms with E-state index in [-0.39, 0.29) is 5.75 Å². The van der Waals surface area contributed by atoms with Crippen LogP contribution in [0.25, 0.3) is 0 Å². The fraction of sp³-hybridized carbons (Fsp3) is 0.444. The Kier molecular flexibility index (Phi) is 10.4. The molecule has 0 aliphatic rings. The summed E-state index contributed by atoms with van der Waals surface area (Å²) in [5, 5.41) is 0. The summed E-state index contributed by atoms with van der Waals surface area (Å²) in [5.74, 6) is -0.259. The van der Waals surface area contributed by atoms with Gasteiger partial charge in [-0.3, -0.25) is 9.97 Å². The van der Waals surface area contributed by atoms with Gasteiger partial charge in [0.15, 0.2) is 5.75 Å². The highest BCUT2D eigenvalue weighted by Gasteiger charge is 2.33. The van der Waals surface area contributed by atoms with Gasteiger partial charge in [-0.15, -0.1) is 13.2 Å². The van der Waals surface area contributed by atoms with Crippen molar-refractivity contribution in [3.63, 3.8) is 0 Å². The van der Waals surface area contributed by atoms with Crippen molar-refractivity contribution in [3.05, 3.63) is 53.6 Å². The van der Waals surface area contributed by atoms with Crippen LogP contribution in [0.3, 0.4) is 0 Å². The lowest BCUT2D eigenvalue weighted by atomic mass is 10.1. The summed E-state index contributed by atoms with van der Waals surface area (Å²) in [7, 11) is 0. The normalized spacial score (nSPS) is 10.9. The molecule has 9 heteroatoms. The van der Waals surface area contributed by atoms with Crippen LogP contribution in [-0.4, -0.2) is 16.3 Å². The first kappa shape index (κ1) is 24.7. The van der Waals surface area contributed by atoms with Crippen molar-refractivity contribution in [1.29, 1.82) is 0 Å². The SMILES string of the molecule is CC.CCCc1ccncc1C(F)(F)F.Cc1ccncc1OC(F)(F)F. The summed E-state index contributed by atoms with van der Waals surface area (Å²) in [6, 6.07) is 2.87. The van der Waals surface area contributed by atoms with Gasteiger partial charge in [0.25, 0.3) is 0 Å². The van der Waals surface area contributed by atoms with Gasteiger partial charge >= 0.3 is 12.5 Å². The highest BCUT2D eigenvalue weighted by molar-refractivity contribution is 5.28. The van der Waals surface area contributed by atoms with Gasteiger partial charge in [0.2, 0.25) is 0 Å². The number of hydrogen-bond acceptors (Lipinski definition) is 3. The molecule has 0 aromatic carbocycles. The van der Waals surface area contributed by atoms with E-state index in [0.717, 1.165) is 12.4 Å². The number of pyridine rings is 2. The molecule has 0 saturated carbocycles. The van der Waals surface area contributed by atoms with Gasteiger partial charge in [-0.25, -0.2) is 0 Å². The van der Waals surface area contributed by atoms with E-state index in [4.69, 9.17) is 0 Å². The Labute approximate surface area is 154 Å². The van der Waals surface area contributed by atoms with Crippen LogP contribution in [0, 0.1) is 6.92 Å². The average Bonchev–Trinajstić information content (AvgIpc) is 2.58. The summed E-state index contributed by atoms with van der Waals surface area (Å²) in [6.07, 6.45) is -3.08. The summed E-state index contributed by atoms with van der Waals surface area (Å²) in [4.78, 5) is 6.98. The van der Waals surface area contributed by atoms with Gasteiger partial charge in [0.1, 0.15) is 0 Å². The second kappa shape index (κ2) is 11.4. The summed E-state index contributed by atoms with van der Waals surface area (Å²) in [6.45, 7) is 7.36. The van der Waals surface area contributed by atoms with E-state index in [1.165, 1.54) is 31.5 Å². The number of aromatic nitrogens is 2. The third-order valence-electron chi connectivity index (χ3n) is 2.95. The molecule has 0 radical (unpaired) electrons. The lowest BCUT2D eigenvalue weighted by Crippen LogP contribution is -2.17. The third-order valence-corrected chi connectivity index (χ3v) is 2.95. The predicted molar refractivity (Wildman–Crippen MR) is 90.2 cm³/mol. The molecule has 0 amide bonds. The number of alkyl halides is 6. The topological polar surface area (TPSA) is 35.0 Å². The molecule has 0 unspecified atom stereocenters. The molecule has 0 aliphatic heterocycles. The van der Waals surface area contributed by atoms with E-state index >= 15 is 0 Å². The summed E-state index contributed by atoms with van der Waals surface area (Å²) in [5.41, 5.74) is 0.115. The van der Waals surface area contributed by atoms with E-state index < -0.39 is 18.1 Å². The molecule has 2 aromatic rings. The highest BCUT2D eigenvalue weighted by atomic mass is 19.4. The standard InChI is InChI=1S/C9H10F3N.C7H6F3NO.C2H6/c1-2-3-7-4-5-13-6-8(7)9(10,11)12;1-5-2-3-11-4-6(5)12-7(8,9)10;1-2/h4-6H,2-3H2,1H3;2-4H,1H3;1-2H3. The lowest BCUT2D eigenvalue weighted by molar-refractivity contribution is -0.275. The maximum Gasteiger partial charge on any atom is 0.573 e. The molecule has 0 fully saturated rings. The third kappa shape index (κ3) is 9.81. The zero-order chi connectivity index (χ0) is 21.1. The van der Waals surface area contributed by atoms with Crippen molar-refractivity contribution in [2.75, 3.05) is 0 Å². The number of rotatable bonds is 3. The molecule has 0 saturated heterocycles. The van der Waals surface area contributed by atoms with Crippen LogP contribution < -0.4 is 4.74 Å². The molecule has 27 heavy (non-hydrogen) atoms. The fourth-order valence-electron chi connectivity index (χ4n) is 1.85. The molecule has 0 N–H and O–H groups in total. The van der Waals surface area contributed by atoms with Crippen molar-refractivity contribution in [1.82, 2.24) is 9.97 Å². The quantitative estimate of drug-likeness (QED) is 0.566. The maximum absolute atomic E-state index is 12.3. The Morgan fingerprint density at radius 1 is 0.926 bits per heavy atom. The van der Waals surface area contributed by atoms with Crippen LogP contribution in [0.4, 0.5) is 26.3 Å². The van der Waals surface area contributed by atoms with E-state index in [2.05, 4.69) is 14.7 Å².